The molecule has 0 aromatic carbocycles. The van der Waals surface area contributed by atoms with Gasteiger partial charge in [-0.15, -0.1) is 11.3 Å². The monoisotopic (exact) mass is 504 g/mol. The van der Waals surface area contributed by atoms with Crippen LogP contribution in [-0.2, 0) is 0 Å². The first-order valence-electron chi connectivity index (χ1n) is 11.6. The van der Waals surface area contributed by atoms with E-state index >= 15 is 0 Å². The van der Waals surface area contributed by atoms with Crippen molar-refractivity contribution in [3.63, 3.8) is 0 Å². The molecule has 6 heteroatoms. The van der Waals surface area contributed by atoms with Crippen molar-refractivity contribution in [3.8, 4) is 0 Å². The van der Waals surface area contributed by atoms with E-state index in [9.17, 15) is 0 Å². The quantitative estimate of drug-likeness (QED) is 0.247. The van der Waals surface area contributed by atoms with Crippen LogP contribution in [0.1, 0.15) is 88.0 Å². The first-order valence-corrected chi connectivity index (χ1v) is 16.9. The van der Waals surface area contributed by atoms with Gasteiger partial charge >= 0.3 is 0 Å². The molecule has 0 aliphatic heterocycles. The minimum atomic E-state index is -1.06. The number of aliphatic imine (C=N–C) groups is 1. The molecule has 0 bridgehead atoms. The van der Waals surface area contributed by atoms with E-state index < -0.39 is 20.1 Å². The summed E-state index contributed by atoms with van der Waals surface area (Å²) in [4.78, 5) is 12.2. The second kappa shape index (κ2) is 11.5. The maximum absolute atomic E-state index is 5.02. The van der Waals surface area contributed by atoms with Gasteiger partial charge in [0.25, 0.3) is 0 Å². The molecular weight excluding hydrogens is 457 g/mol. The zero-order valence-electron chi connectivity index (χ0n) is 22.3. The van der Waals surface area contributed by atoms with E-state index in [1.54, 1.807) is 0 Å². The Kier molecular flexibility index (Phi) is 10.8. The molecule has 0 aliphatic carbocycles. The molecule has 0 spiro atoms. The lowest BCUT2D eigenvalue weighted by Gasteiger charge is -2.51. The number of hydrogen-bond donors (Lipinski definition) is 0. The third-order valence-electron chi connectivity index (χ3n) is 6.44. The van der Waals surface area contributed by atoms with E-state index in [0.717, 1.165) is 4.91 Å². The molecule has 1 rings (SSSR count). The Hall–Kier alpha value is 0.0900. The molecule has 0 saturated carbocycles. The van der Waals surface area contributed by atoms with Crippen molar-refractivity contribution < 1.29 is 0 Å². The molecular formula is C25H48N2S4. The minimum absolute atomic E-state index is 0.587. The molecule has 0 N–H and O–H groups in total. The van der Waals surface area contributed by atoms with Crippen molar-refractivity contribution in [3.05, 3.63) is 17.7 Å². The fourth-order valence-electron chi connectivity index (χ4n) is 5.46. The lowest BCUT2D eigenvalue weighted by atomic mass is 10.5. The van der Waals surface area contributed by atoms with Crippen LogP contribution < -0.4 is 0 Å². The van der Waals surface area contributed by atoms with Gasteiger partial charge in [0.1, 0.15) is 8.72 Å². The smallest absolute Gasteiger partial charge is 0.134 e. The molecule has 1 heterocycles. The Balaban J connectivity index is 3.40. The van der Waals surface area contributed by atoms with Crippen LogP contribution in [0.25, 0.3) is 4.91 Å². The van der Waals surface area contributed by atoms with Gasteiger partial charge in [-0.2, -0.15) is 20.1 Å². The van der Waals surface area contributed by atoms with Gasteiger partial charge in [-0.05, 0) is 31.5 Å². The van der Waals surface area contributed by atoms with E-state index in [0.29, 0.717) is 31.5 Å². The topological polar surface area (TPSA) is 25.2 Å². The third kappa shape index (κ3) is 5.27. The second-order valence-corrected chi connectivity index (χ2v) is 21.9. The molecule has 0 fully saturated rings. The van der Waals surface area contributed by atoms with Crippen molar-refractivity contribution in [1.82, 2.24) is 4.98 Å². The van der Waals surface area contributed by atoms with Gasteiger partial charge in [-0.25, -0.2) is 4.98 Å². The predicted octanol–water partition coefficient (Wildman–Crippen LogP) is 9.25. The van der Waals surface area contributed by atoms with E-state index in [1.165, 1.54) is 13.6 Å². The lowest BCUT2D eigenvalue weighted by Crippen LogP contribution is -2.33. The summed E-state index contributed by atoms with van der Waals surface area (Å²) >= 11 is 3.69. The molecule has 0 aliphatic rings. The van der Waals surface area contributed by atoms with Crippen LogP contribution in [0.15, 0.2) is 22.1 Å². The van der Waals surface area contributed by atoms with Crippen LogP contribution in [0.4, 0.5) is 0 Å². The third-order valence-corrected chi connectivity index (χ3v) is 21.3. The number of hydrogen-bond acceptors (Lipinski definition) is 4. The van der Waals surface area contributed by atoms with Crippen molar-refractivity contribution in [1.29, 1.82) is 0 Å². The Morgan fingerprint density at radius 1 is 0.839 bits per heavy atom. The summed E-state index contributed by atoms with van der Waals surface area (Å²) in [6.07, 6.45) is 2.08. The molecule has 2 nitrogen and oxygen atoms in total. The largest absolute Gasteiger partial charge is 0.276 e. The van der Waals surface area contributed by atoms with Crippen LogP contribution in [0, 0.1) is 0 Å². The van der Waals surface area contributed by atoms with Gasteiger partial charge in [-0.3, -0.25) is 4.99 Å². The van der Waals surface area contributed by atoms with Crippen LogP contribution >= 0.6 is 43.2 Å². The number of thioether (sulfide) groups is 1. The van der Waals surface area contributed by atoms with E-state index in [-0.39, 0.29) is 0 Å². The van der Waals surface area contributed by atoms with Crippen LogP contribution in [0.5, 0.6) is 0 Å². The molecule has 0 atom stereocenters. The zero-order valence-corrected chi connectivity index (χ0v) is 25.5. The van der Waals surface area contributed by atoms with Gasteiger partial charge in [-0.1, -0.05) is 101 Å². The Morgan fingerprint density at radius 3 is 1.58 bits per heavy atom. The molecule has 31 heavy (non-hydrogen) atoms. The highest BCUT2D eigenvalue weighted by Crippen LogP contribution is 2.68. The van der Waals surface area contributed by atoms with Gasteiger partial charge < -0.3 is 0 Å². The molecule has 0 saturated heterocycles. The number of aromatic nitrogens is 1. The summed E-state index contributed by atoms with van der Waals surface area (Å²) in [7, 11) is -0.103. The number of thiazole rings is 1. The Morgan fingerprint density at radius 2 is 1.26 bits per heavy atom. The summed E-state index contributed by atoms with van der Waals surface area (Å²) in [5, 5.41) is 3.59. The average molecular weight is 505 g/mol. The second-order valence-electron chi connectivity index (χ2n) is 9.82. The highest BCUT2D eigenvalue weighted by atomic mass is 32.3. The van der Waals surface area contributed by atoms with Crippen molar-refractivity contribution in [2.45, 2.75) is 119 Å². The van der Waals surface area contributed by atoms with Crippen molar-refractivity contribution in [2.75, 3.05) is 7.05 Å². The van der Waals surface area contributed by atoms with Crippen LogP contribution in [0.3, 0.4) is 0 Å². The standard InChI is InChI=1S/C25H48N2S4/c1-16(2)30(17(3)4,18(5)6)24(26-14)28-22(13)23-15-27-25(29-23)31(19(7)8,20(9)10)21(11)12/h15-21H,13H2,1-12,14H3. The normalized spacial score (nSPS) is 15.3. The molecule has 1 aromatic rings. The summed E-state index contributed by atoms with van der Waals surface area (Å²) in [5.41, 5.74) is 0. The van der Waals surface area contributed by atoms with Crippen molar-refractivity contribution >= 4 is 52.4 Å². The van der Waals surface area contributed by atoms with Crippen molar-refractivity contribution in [2.24, 2.45) is 4.99 Å². The maximum atomic E-state index is 5.02. The van der Waals surface area contributed by atoms with Gasteiger partial charge in [0.05, 0.1) is 4.88 Å². The highest BCUT2D eigenvalue weighted by Gasteiger charge is 2.41. The van der Waals surface area contributed by atoms with Gasteiger partial charge in [0, 0.05) is 18.1 Å². The molecule has 0 unspecified atom stereocenters. The Labute approximate surface area is 205 Å². The minimum Gasteiger partial charge on any atom is -0.276 e. The predicted molar refractivity (Wildman–Crippen MR) is 156 cm³/mol. The summed E-state index contributed by atoms with van der Waals surface area (Å²) in [5.74, 6) is 0. The Bertz CT molecular complexity index is 714. The summed E-state index contributed by atoms with van der Waals surface area (Å²) in [6, 6.07) is 0. The summed E-state index contributed by atoms with van der Waals surface area (Å²) < 4.78 is 2.64. The highest BCUT2D eigenvalue weighted by molar-refractivity contribution is 8.60. The number of nitrogens with zero attached hydrogens (tertiary/aromatic N) is 2. The number of rotatable bonds is 9. The molecule has 0 amide bonds. The average Bonchev–Trinajstić information content (AvgIpc) is 3.09. The van der Waals surface area contributed by atoms with E-state index in [2.05, 4.69) is 95.9 Å². The van der Waals surface area contributed by atoms with E-state index in [1.807, 2.05) is 30.1 Å². The fourth-order valence-corrected chi connectivity index (χ4v) is 21.4. The lowest BCUT2D eigenvalue weighted by molar-refractivity contribution is 0.929. The first-order chi connectivity index (χ1) is 14.2. The zero-order chi connectivity index (χ0) is 24.3. The SMILES string of the molecule is C=C(SC(=NC)S(C(C)C)(C(C)C)C(C)C)c1cnc(S(C(C)C)(C(C)C)C(C)C)s1. The molecule has 0 radical (unpaired) electrons. The fraction of sp³-hybridized carbons (Fsp3) is 0.760. The molecule has 182 valence electrons. The van der Waals surface area contributed by atoms with E-state index in [4.69, 9.17) is 9.98 Å². The van der Waals surface area contributed by atoms with Crippen LogP contribution in [-0.4, -0.2) is 47.9 Å². The summed E-state index contributed by atoms with van der Waals surface area (Å²) in [6.45, 7) is 33.1. The first kappa shape index (κ1) is 29.1. The van der Waals surface area contributed by atoms with Gasteiger partial charge in [0.2, 0.25) is 0 Å². The molecule has 1 aromatic heterocycles. The maximum Gasteiger partial charge on any atom is 0.134 e. The van der Waals surface area contributed by atoms with Crippen LogP contribution in [0.2, 0.25) is 0 Å². The van der Waals surface area contributed by atoms with Gasteiger partial charge in [0.15, 0.2) is 0 Å².